The van der Waals surface area contributed by atoms with Crippen LogP contribution in [0.3, 0.4) is 0 Å². The molecule has 4 nitrogen and oxygen atoms in total. The zero-order valence-corrected chi connectivity index (χ0v) is 28.0. The van der Waals surface area contributed by atoms with Gasteiger partial charge in [-0.1, -0.05) is 60.7 Å². The molecule has 0 bridgehead atoms. The molecule has 0 fully saturated rings. The van der Waals surface area contributed by atoms with E-state index >= 15 is 0 Å². The van der Waals surface area contributed by atoms with E-state index in [2.05, 4.69) is 36.4 Å². The molecule has 0 spiro atoms. The fraction of sp³-hybridized carbons (Fsp3) is 0.188. The van der Waals surface area contributed by atoms with E-state index in [4.69, 9.17) is 35.2 Å². The first-order valence-corrected chi connectivity index (χ1v) is 13.2. The predicted octanol–water partition coefficient (Wildman–Crippen LogP) is 7.58. The van der Waals surface area contributed by atoms with Crippen LogP contribution in [0, 0.1) is 0 Å². The summed E-state index contributed by atoms with van der Waals surface area (Å²) in [5.41, 5.74) is 9.59. The average Bonchev–Trinajstić information content (AvgIpc) is 2.89. The van der Waals surface area contributed by atoms with Crippen molar-refractivity contribution in [1.29, 1.82) is 0 Å². The van der Waals surface area contributed by atoms with Crippen LogP contribution >= 0.6 is 0 Å². The van der Waals surface area contributed by atoms with Crippen molar-refractivity contribution in [3.05, 3.63) is 96.1 Å². The third kappa shape index (κ3) is 7.10. The van der Waals surface area contributed by atoms with Crippen molar-refractivity contribution in [1.82, 2.24) is 0 Å². The summed E-state index contributed by atoms with van der Waals surface area (Å²) in [4.78, 5) is 15.7. The van der Waals surface area contributed by atoms with Crippen molar-refractivity contribution in [2.75, 3.05) is 38.0 Å². The zero-order chi connectivity index (χ0) is 27.4. The second-order valence-electron chi connectivity index (χ2n) is 9.58. The van der Waals surface area contributed by atoms with E-state index in [0.717, 1.165) is 66.2 Å². The van der Waals surface area contributed by atoms with Crippen LogP contribution in [-0.4, -0.2) is 39.6 Å². The Labute approximate surface area is 256 Å². The smallest absolute Gasteiger partial charge is 0.779 e. The zero-order valence-electron chi connectivity index (χ0n) is 23.4. The Morgan fingerprint density at radius 3 is 1.26 bits per heavy atom. The summed E-state index contributed by atoms with van der Waals surface area (Å²) >= 11 is 11.4. The summed E-state index contributed by atoms with van der Waals surface area (Å²) < 4.78 is 0. The largest absolute Gasteiger partial charge is 2.00 e. The van der Waals surface area contributed by atoms with E-state index in [0.29, 0.717) is 0 Å². The monoisotopic (exact) mass is 600 g/mol. The fourth-order valence-corrected chi connectivity index (χ4v) is 4.93. The van der Waals surface area contributed by atoms with E-state index in [1.807, 2.05) is 100 Å². The van der Waals surface area contributed by atoms with Crippen LogP contribution in [0.4, 0.5) is 22.7 Å². The molecule has 0 aliphatic carbocycles. The molecule has 0 N–H and O–H groups in total. The third-order valence-corrected chi connectivity index (χ3v) is 7.09. The number of benzene rings is 4. The second kappa shape index (κ2) is 13.3. The van der Waals surface area contributed by atoms with Gasteiger partial charge in [0, 0.05) is 62.1 Å². The molecule has 7 heteroatoms. The molecule has 0 aliphatic rings. The number of aliphatic imine (C=N–C) groups is 2. The molecule has 0 aliphatic heterocycles. The van der Waals surface area contributed by atoms with Gasteiger partial charge >= 0.3 is 19.5 Å². The van der Waals surface area contributed by atoms with Gasteiger partial charge in [0.05, 0.1) is 11.4 Å². The summed E-state index contributed by atoms with van der Waals surface area (Å²) in [6, 6.07) is 28.6. The number of rotatable bonds is 7. The number of para-hydroxylation sites is 2. The van der Waals surface area contributed by atoms with Crippen LogP contribution in [0.1, 0.15) is 25.0 Å². The van der Waals surface area contributed by atoms with Gasteiger partial charge in [0.2, 0.25) is 0 Å². The molecule has 0 aromatic heterocycles. The summed E-state index contributed by atoms with van der Waals surface area (Å²) in [6.45, 7) is 4.02. The van der Waals surface area contributed by atoms with E-state index in [-0.39, 0.29) is 19.5 Å². The van der Waals surface area contributed by atoms with Gasteiger partial charge in [-0.25, -0.2) is 0 Å². The van der Waals surface area contributed by atoms with Gasteiger partial charge in [-0.2, -0.15) is 9.79 Å². The molecule has 0 amide bonds. The first-order chi connectivity index (χ1) is 18.2. The quantitative estimate of drug-likeness (QED) is 0.124. The Kier molecular flexibility index (Phi) is 10.4. The van der Waals surface area contributed by atoms with E-state index in [9.17, 15) is 0 Å². The van der Waals surface area contributed by atoms with Crippen LogP contribution < -0.4 is 9.80 Å². The van der Waals surface area contributed by atoms with Crippen LogP contribution in [0.2, 0.25) is 0 Å². The number of nitrogens with zero attached hydrogens (tertiary/aromatic N) is 4. The topological polar surface area (TPSA) is 31.2 Å². The number of hydrogen-bond donors (Lipinski definition) is 0. The minimum Gasteiger partial charge on any atom is -0.779 e. The maximum atomic E-state index is 5.69. The molecule has 0 unspecified atom stereocenters. The maximum Gasteiger partial charge on any atom is 2.00 e. The molecular formula is C32H32N4S2Zn. The molecule has 0 atom stereocenters. The molecule has 39 heavy (non-hydrogen) atoms. The summed E-state index contributed by atoms with van der Waals surface area (Å²) in [6.07, 6.45) is 0. The molecule has 194 valence electrons. The van der Waals surface area contributed by atoms with Crippen LogP contribution in [-0.2, 0) is 44.7 Å². The molecule has 0 radical (unpaired) electrons. The minimum atomic E-state index is 0. The van der Waals surface area contributed by atoms with Crippen molar-refractivity contribution < 1.29 is 19.5 Å². The first-order valence-electron chi connectivity index (χ1n) is 12.4. The van der Waals surface area contributed by atoms with Crippen molar-refractivity contribution in [2.24, 2.45) is 9.98 Å². The maximum absolute atomic E-state index is 5.69. The molecule has 4 aromatic carbocycles. The Bertz CT molecular complexity index is 1410. The van der Waals surface area contributed by atoms with Crippen molar-refractivity contribution in [2.45, 2.75) is 23.6 Å². The fourth-order valence-electron chi connectivity index (χ4n) is 4.26. The molecular weight excluding hydrogens is 570 g/mol. The van der Waals surface area contributed by atoms with Gasteiger partial charge in [-0.05, 0) is 49.2 Å². The minimum absolute atomic E-state index is 0. The van der Waals surface area contributed by atoms with E-state index in [1.54, 1.807) is 0 Å². The molecule has 0 saturated heterocycles. The predicted molar refractivity (Wildman–Crippen MR) is 168 cm³/mol. The Hall–Kier alpha value is -3.12. The first kappa shape index (κ1) is 30.4. The Morgan fingerprint density at radius 2 is 0.923 bits per heavy atom. The Balaban J connectivity index is 0.00000420. The van der Waals surface area contributed by atoms with Gasteiger partial charge in [-0.15, -0.1) is 0 Å². The molecule has 4 aromatic rings. The van der Waals surface area contributed by atoms with Crippen LogP contribution in [0.5, 0.6) is 0 Å². The summed E-state index contributed by atoms with van der Waals surface area (Å²) in [7, 11) is 8.04. The van der Waals surface area contributed by atoms with Gasteiger partial charge in [0.25, 0.3) is 0 Å². The van der Waals surface area contributed by atoms with E-state index in [1.165, 1.54) is 0 Å². The average molecular weight is 602 g/mol. The summed E-state index contributed by atoms with van der Waals surface area (Å²) in [5.74, 6) is 0. The van der Waals surface area contributed by atoms with Gasteiger partial charge in [-0.3, -0.25) is 9.98 Å². The van der Waals surface area contributed by atoms with Crippen LogP contribution in [0.15, 0.2) is 105 Å². The third-order valence-electron chi connectivity index (χ3n) is 6.42. The normalized spacial score (nSPS) is 11.6. The molecule has 0 heterocycles. The van der Waals surface area contributed by atoms with Crippen molar-refractivity contribution >= 4 is 59.4 Å². The van der Waals surface area contributed by atoms with Crippen LogP contribution in [0.25, 0.3) is 11.1 Å². The molecule has 4 rings (SSSR count). The van der Waals surface area contributed by atoms with Gasteiger partial charge < -0.3 is 35.1 Å². The molecule has 0 saturated carbocycles. The van der Waals surface area contributed by atoms with Gasteiger partial charge in [0.1, 0.15) is 0 Å². The van der Waals surface area contributed by atoms with Crippen molar-refractivity contribution in [3.8, 4) is 11.1 Å². The standard InChI is InChI=1S/C32H34N4S2.Zn/c1-21(25-17-15-23(35(3)4)19-31(25)37)33-29-13-9-7-11-27(29)28-12-8-10-14-30(28)34-22(2)26-18-16-24(36(5)6)20-32(26)38;/h7-20,37-38H,1-6H3;/q;+2/p-2. The van der Waals surface area contributed by atoms with E-state index < -0.39 is 0 Å². The second-order valence-corrected chi connectivity index (χ2v) is 10.5. The Morgan fingerprint density at radius 1 is 0.564 bits per heavy atom. The summed E-state index contributed by atoms with van der Waals surface area (Å²) in [5, 5.41) is 0. The number of hydrogen-bond acceptors (Lipinski definition) is 6. The number of anilines is 2. The SMILES string of the molecule is CC(=Nc1ccccc1-c1ccccc1N=C(C)c1ccc(N(C)C)cc1[S-])c1ccc(N(C)C)cc1[S-].[Zn+2]. The van der Waals surface area contributed by atoms with Gasteiger partial charge in [0.15, 0.2) is 0 Å². The van der Waals surface area contributed by atoms with Crippen molar-refractivity contribution in [3.63, 3.8) is 0 Å².